The normalized spacial score (nSPS) is 13.3. The molecule has 5 nitrogen and oxygen atoms in total. The van der Waals surface area contributed by atoms with E-state index in [0.717, 1.165) is 16.8 Å². The Balaban J connectivity index is 1.71. The number of para-hydroxylation sites is 1. The van der Waals surface area contributed by atoms with Gasteiger partial charge in [-0.1, -0.05) is 60.1 Å². The van der Waals surface area contributed by atoms with Gasteiger partial charge in [-0.3, -0.25) is 14.6 Å². The monoisotopic (exact) mass is 417 g/mol. The number of hydrogen-bond acceptors (Lipinski definition) is 3. The van der Waals surface area contributed by atoms with Gasteiger partial charge in [-0.25, -0.2) is 0 Å². The average Bonchev–Trinajstić information content (AvgIpc) is 2.91. The standard InChI is InChI=1S/C24H20ClN3O2/c1-27(19-10-6-3-7-11-19)23(30)16-28-21-13-12-18(25)14-20(21)24(26-15-22(28)29)17-8-4-2-5-9-17/h2-14H,15-16H2,1H3. The van der Waals surface area contributed by atoms with E-state index in [1.807, 2.05) is 60.7 Å². The van der Waals surface area contributed by atoms with E-state index in [1.165, 1.54) is 4.90 Å². The Morgan fingerprint density at radius 2 is 1.70 bits per heavy atom. The van der Waals surface area contributed by atoms with Gasteiger partial charge >= 0.3 is 0 Å². The van der Waals surface area contributed by atoms with E-state index in [9.17, 15) is 9.59 Å². The molecule has 0 atom stereocenters. The Hall–Kier alpha value is -3.44. The molecule has 0 saturated carbocycles. The number of anilines is 2. The second-order valence-electron chi connectivity index (χ2n) is 6.96. The first-order chi connectivity index (χ1) is 14.5. The van der Waals surface area contributed by atoms with E-state index < -0.39 is 0 Å². The lowest BCUT2D eigenvalue weighted by Gasteiger charge is -2.25. The van der Waals surface area contributed by atoms with Crippen LogP contribution in [0, 0.1) is 0 Å². The molecular formula is C24H20ClN3O2. The van der Waals surface area contributed by atoms with E-state index in [-0.39, 0.29) is 24.9 Å². The molecule has 0 N–H and O–H groups in total. The maximum atomic E-state index is 13.0. The molecule has 6 heteroatoms. The summed E-state index contributed by atoms with van der Waals surface area (Å²) < 4.78 is 0. The van der Waals surface area contributed by atoms with Gasteiger partial charge in [0.25, 0.3) is 0 Å². The van der Waals surface area contributed by atoms with Crippen LogP contribution < -0.4 is 9.80 Å². The number of fused-ring (bicyclic) bond motifs is 1. The highest BCUT2D eigenvalue weighted by atomic mass is 35.5. The van der Waals surface area contributed by atoms with E-state index in [1.54, 1.807) is 30.1 Å². The molecule has 1 aliphatic rings. The maximum absolute atomic E-state index is 13.0. The summed E-state index contributed by atoms with van der Waals surface area (Å²) >= 11 is 6.27. The second kappa shape index (κ2) is 8.51. The molecule has 2 amide bonds. The molecule has 0 aliphatic carbocycles. The Kier molecular flexibility index (Phi) is 5.63. The number of carbonyl (C=O) groups is 2. The van der Waals surface area contributed by atoms with Gasteiger partial charge in [0, 0.05) is 28.9 Å². The number of benzodiazepines with no additional fused rings is 1. The maximum Gasteiger partial charge on any atom is 0.249 e. The number of rotatable bonds is 4. The summed E-state index contributed by atoms with van der Waals surface area (Å²) in [7, 11) is 1.70. The highest BCUT2D eigenvalue weighted by Gasteiger charge is 2.28. The molecule has 150 valence electrons. The van der Waals surface area contributed by atoms with Crippen LogP contribution in [0.25, 0.3) is 0 Å². The van der Waals surface area contributed by atoms with Gasteiger partial charge in [0.05, 0.1) is 11.4 Å². The Bertz CT molecular complexity index is 1110. The fourth-order valence-corrected chi connectivity index (χ4v) is 3.61. The molecule has 0 radical (unpaired) electrons. The molecule has 30 heavy (non-hydrogen) atoms. The minimum absolute atomic E-state index is 0.0428. The van der Waals surface area contributed by atoms with Gasteiger partial charge < -0.3 is 9.80 Å². The van der Waals surface area contributed by atoms with Crippen LogP contribution in [0.15, 0.2) is 83.9 Å². The van der Waals surface area contributed by atoms with Crippen LogP contribution in [-0.4, -0.2) is 37.7 Å². The van der Waals surface area contributed by atoms with E-state index >= 15 is 0 Å². The predicted octanol–water partition coefficient (Wildman–Crippen LogP) is 4.19. The number of aliphatic imine (C=N–C) groups is 1. The first-order valence-electron chi connectivity index (χ1n) is 9.56. The van der Waals surface area contributed by atoms with Crippen LogP contribution in [0.2, 0.25) is 5.02 Å². The lowest BCUT2D eigenvalue weighted by Crippen LogP contribution is -2.42. The van der Waals surface area contributed by atoms with Crippen molar-refractivity contribution in [2.24, 2.45) is 4.99 Å². The Labute approximate surface area is 180 Å². The largest absolute Gasteiger partial charge is 0.314 e. The molecule has 3 aromatic carbocycles. The van der Waals surface area contributed by atoms with Gasteiger partial charge in [0.2, 0.25) is 11.8 Å². The van der Waals surface area contributed by atoms with Crippen LogP contribution >= 0.6 is 11.6 Å². The Morgan fingerprint density at radius 1 is 1.03 bits per heavy atom. The molecule has 1 heterocycles. The molecule has 4 rings (SSSR count). The Morgan fingerprint density at radius 3 is 2.40 bits per heavy atom. The fraction of sp³-hybridized carbons (Fsp3) is 0.125. The van der Waals surface area contributed by atoms with Crippen LogP contribution in [0.1, 0.15) is 11.1 Å². The van der Waals surface area contributed by atoms with Crippen molar-refractivity contribution >= 4 is 40.5 Å². The van der Waals surface area contributed by atoms with E-state index in [2.05, 4.69) is 4.99 Å². The summed E-state index contributed by atoms with van der Waals surface area (Å²) in [5.41, 5.74) is 3.70. The van der Waals surface area contributed by atoms with Crippen molar-refractivity contribution in [1.82, 2.24) is 0 Å². The van der Waals surface area contributed by atoms with Crippen molar-refractivity contribution in [2.45, 2.75) is 0 Å². The molecular weight excluding hydrogens is 398 g/mol. The minimum Gasteiger partial charge on any atom is -0.314 e. The first-order valence-corrected chi connectivity index (χ1v) is 9.94. The van der Waals surface area contributed by atoms with Gasteiger partial charge in [-0.15, -0.1) is 0 Å². The molecule has 0 fully saturated rings. The highest BCUT2D eigenvalue weighted by Crippen LogP contribution is 2.30. The zero-order valence-corrected chi connectivity index (χ0v) is 17.2. The fourth-order valence-electron chi connectivity index (χ4n) is 3.44. The van der Waals surface area contributed by atoms with E-state index in [0.29, 0.717) is 16.4 Å². The smallest absolute Gasteiger partial charge is 0.249 e. The SMILES string of the molecule is CN(C(=O)CN1C(=O)CN=C(c2ccccc2)c2cc(Cl)ccc21)c1ccccc1. The van der Waals surface area contributed by atoms with Gasteiger partial charge in [-0.05, 0) is 30.3 Å². The summed E-state index contributed by atoms with van der Waals surface area (Å²) in [5, 5.41) is 0.541. The minimum atomic E-state index is -0.237. The number of carbonyl (C=O) groups excluding carboxylic acids is 2. The summed E-state index contributed by atoms with van der Waals surface area (Å²) in [6, 6.07) is 24.3. The van der Waals surface area contributed by atoms with Gasteiger partial charge in [-0.2, -0.15) is 0 Å². The van der Waals surface area contributed by atoms with Gasteiger partial charge in [0.1, 0.15) is 13.1 Å². The zero-order chi connectivity index (χ0) is 21.1. The summed E-state index contributed by atoms with van der Waals surface area (Å²) in [4.78, 5) is 33.5. The highest BCUT2D eigenvalue weighted by molar-refractivity contribution is 6.32. The van der Waals surface area contributed by atoms with Crippen molar-refractivity contribution < 1.29 is 9.59 Å². The van der Waals surface area contributed by atoms with Crippen molar-refractivity contribution in [3.05, 3.63) is 95.0 Å². The molecule has 1 aliphatic heterocycles. The molecule has 0 spiro atoms. The second-order valence-corrected chi connectivity index (χ2v) is 7.40. The number of halogens is 1. The van der Waals surface area contributed by atoms with Crippen LogP contribution in [-0.2, 0) is 9.59 Å². The molecule has 3 aromatic rings. The lowest BCUT2D eigenvalue weighted by molar-refractivity contribution is -0.121. The van der Waals surface area contributed by atoms with Crippen LogP contribution in [0.4, 0.5) is 11.4 Å². The summed E-state index contributed by atoms with van der Waals surface area (Å²) in [6.07, 6.45) is 0. The number of nitrogens with zero attached hydrogens (tertiary/aromatic N) is 3. The summed E-state index contributed by atoms with van der Waals surface area (Å²) in [6.45, 7) is -0.130. The third-order valence-electron chi connectivity index (χ3n) is 5.04. The number of benzene rings is 3. The van der Waals surface area contributed by atoms with Crippen molar-refractivity contribution in [3.63, 3.8) is 0 Å². The average molecular weight is 418 g/mol. The number of amides is 2. The quantitative estimate of drug-likeness (QED) is 0.639. The van der Waals surface area contributed by atoms with Crippen LogP contribution in [0.5, 0.6) is 0 Å². The van der Waals surface area contributed by atoms with Gasteiger partial charge in [0.15, 0.2) is 0 Å². The topological polar surface area (TPSA) is 53.0 Å². The number of hydrogen-bond donors (Lipinski definition) is 0. The van der Waals surface area contributed by atoms with E-state index in [4.69, 9.17) is 11.6 Å². The molecule has 0 aromatic heterocycles. The van der Waals surface area contributed by atoms with Crippen molar-refractivity contribution in [3.8, 4) is 0 Å². The lowest BCUT2D eigenvalue weighted by atomic mass is 10.00. The van der Waals surface area contributed by atoms with Crippen molar-refractivity contribution in [2.75, 3.05) is 29.9 Å². The number of likely N-dealkylation sites (N-methyl/N-ethyl adjacent to an activating group) is 1. The first kappa shape index (κ1) is 19.9. The molecule has 0 saturated heterocycles. The predicted molar refractivity (Wildman–Crippen MR) is 121 cm³/mol. The van der Waals surface area contributed by atoms with Crippen molar-refractivity contribution in [1.29, 1.82) is 0 Å². The third-order valence-corrected chi connectivity index (χ3v) is 5.27. The summed E-state index contributed by atoms with van der Waals surface area (Å²) in [5.74, 6) is -0.432. The van der Waals surface area contributed by atoms with Crippen LogP contribution in [0.3, 0.4) is 0 Å². The molecule has 0 unspecified atom stereocenters. The zero-order valence-electron chi connectivity index (χ0n) is 16.5. The molecule has 0 bridgehead atoms. The third kappa shape index (κ3) is 3.98.